The monoisotopic (exact) mass is 474 g/mol. The Morgan fingerprint density at radius 1 is 1.06 bits per heavy atom. The fourth-order valence-electron chi connectivity index (χ4n) is 4.96. The van der Waals surface area contributed by atoms with Gasteiger partial charge < -0.3 is 14.3 Å². The molecule has 0 spiro atoms. The quantitative estimate of drug-likeness (QED) is 0.400. The number of nitriles is 1. The summed E-state index contributed by atoms with van der Waals surface area (Å²) in [6.45, 7) is 12.5. The molecule has 1 aliphatic rings. The van der Waals surface area contributed by atoms with Crippen LogP contribution in [0.25, 0.3) is 27.0 Å². The van der Waals surface area contributed by atoms with Gasteiger partial charge >= 0.3 is 0 Å². The highest BCUT2D eigenvalue weighted by atomic mass is 16.1. The largest absolute Gasteiger partial charge is 0.364 e. The van der Waals surface area contributed by atoms with Crippen molar-refractivity contribution in [3.8, 4) is 17.2 Å². The Morgan fingerprint density at radius 2 is 1.78 bits per heavy atom. The number of fused-ring (bicyclic) bond motifs is 1. The zero-order valence-electron chi connectivity index (χ0n) is 20.3. The third-order valence-electron chi connectivity index (χ3n) is 6.95. The van der Waals surface area contributed by atoms with Crippen molar-refractivity contribution in [2.24, 2.45) is 7.05 Å². The molecule has 0 unspecified atom stereocenters. The highest BCUT2D eigenvalue weighted by Gasteiger charge is 2.30. The lowest BCUT2D eigenvalue weighted by atomic mass is 10.0. The number of rotatable bonds is 4. The summed E-state index contributed by atoms with van der Waals surface area (Å²) in [5.74, 6) is 0.247. The maximum Gasteiger partial charge on any atom is 0.271 e. The lowest BCUT2D eigenvalue weighted by Gasteiger charge is -2.41. The second-order valence-corrected chi connectivity index (χ2v) is 9.18. The normalized spacial score (nSPS) is 16.0. The molecule has 0 bridgehead atoms. The van der Waals surface area contributed by atoms with Gasteiger partial charge in [-0.3, -0.25) is 9.69 Å². The molecule has 1 fully saturated rings. The minimum absolute atomic E-state index is 0.0804. The second kappa shape index (κ2) is 9.65. The Labute approximate surface area is 210 Å². The van der Waals surface area contributed by atoms with E-state index in [1.54, 1.807) is 19.2 Å². The van der Waals surface area contributed by atoms with E-state index in [-0.39, 0.29) is 23.0 Å². The first-order valence-corrected chi connectivity index (χ1v) is 11.9. The molecule has 36 heavy (non-hydrogen) atoms. The van der Waals surface area contributed by atoms with Crippen molar-refractivity contribution < 1.29 is 0 Å². The zero-order valence-corrected chi connectivity index (χ0v) is 20.3. The van der Waals surface area contributed by atoms with Crippen LogP contribution in [0.5, 0.6) is 0 Å². The molecular formula is C29H26N6O. The number of nitrogens with zero attached hydrogens (tertiary/aromatic N) is 6. The Morgan fingerprint density at radius 3 is 2.44 bits per heavy atom. The Balaban J connectivity index is 1.40. The van der Waals surface area contributed by atoms with E-state index in [9.17, 15) is 10.1 Å². The first-order valence-electron chi connectivity index (χ1n) is 11.9. The number of hydrogen-bond donors (Lipinski definition) is 0. The van der Waals surface area contributed by atoms with Crippen molar-refractivity contribution in [2.75, 3.05) is 24.5 Å². The fraction of sp³-hybridized carbons (Fsp3) is 0.241. The van der Waals surface area contributed by atoms with Gasteiger partial charge in [-0.05, 0) is 35.7 Å². The molecule has 5 rings (SSSR count). The van der Waals surface area contributed by atoms with Crippen LogP contribution < -0.4 is 10.5 Å². The van der Waals surface area contributed by atoms with Gasteiger partial charge in [0.15, 0.2) is 0 Å². The standard InChI is InChI=1S/C29H26N6O/c1-20-18-35(28-24(17-30)29(36)33(3)25-13-14-26(31-2)32-27(25)28)16-15-34(20)19-21-9-11-23(12-10-21)22-7-5-4-6-8-22/h4-14,20H,15-16,18-19H2,1,3H3/t20-/m1/s1. The summed E-state index contributed by atoms with van der Waals surface area (Å²) in [6, 6.07) is 24.7. The van der Waals surface area contributed by atoms with Crippen LogP contribution in [-0.4, -0.2) is 40.1 Å². The number of anilines is 1. The number of piperazine rings is 1. The summed E-state index contributed by atoms with van der Waals surface area (Å²) < 4.78 is 1.44. The number of aromatic nitrogens is 2. The van der Waals surface area contributed by atoms with Gasteiger partial charge in [-0.15, -0.1) is 4.98 Å². The summed E-state index contributed by atoms with van der Waals surface area (Å²) in [4.78, 5) is 25.4. The van der Waals surface area contributed by atoms with Crippen LogP contribution >= 0.6 is 0 Å². The molecule has 7 nitrogen and oxygen atoms in total. The van der Waals surface area contributed by atoms with Crippen molar-refractivity contribution in [3.05, 3.63) is 99.6 Å². The summed E-state index contributed by atoms with van der Waals surface area (Å²) in [5, 5.41) is 9.87. The van der Waals surface area contributed by atoms with Crippen LogP contribution in [0.1, 0.15) is 18.1 Å². The molecule has 4 aromatic rings. The molecule has 178 valence electrons. The maximum absolute atomic E-state index is 13.0. The van der Waals surface area contributed by atoms with Crippen molar-refractivity contribution in [3.63, 3.8) is 0 Å². The molecule has 0 N–H and O–H groups in total. The molecule has 3 heterocycles. The van der Waals surface area contributed by atoms with Gasteiger partial charge in [0.25, 0.3) is 11.4 Å². The summed E-state index contributed by atoms with van der Waals surface area (Å²) in [5.41, 5.74) is 5.08. The first-order chi connectivity index (χ1) is 17.5. The minimum atomic E-state index is -0.342. The average Bonchev–Trinajstić information content (AvgIpc) is 2.92. The van der Waals surface area contributed by atoms with Gasteiger partial charge in [0.1, 0.15) is 17.3 Å². The third kappa shape index (κ3) is 4.22. The van der Waals surface area contributed by atoms with E-state index >= 15 is 0 Å². The lowest BCUT2D eigenvalue weighted by Crippen LogP contribution is -2.52. The van der Waals surface area contributed by atoms with E-state index in [1.807, 2.05) is 18.2 Å². The average molecular weight is 475 g/mol. The van der Waals surface area contributed by atoms with Crippen molar-refractivity contribution in [2.45, 2.75) is 19.5 Å². The Hall–Kier alpha value is -4.46. The van der Waals surface area contributed by atoms with Crippen LogP contribution in [0.3, 0.4) is 0 Å². The Kier molecular flexibility index (Phi) is 6.25. The van der Waals surface area contributed by atoms with Crippen molar-refractivity contribution in [1.29, 1.82) is 5.26 Å². The Bertz CT molecular complexity index is 1560. The predicted octanol–water partition coefficient (Wildman–Crippen LogP) is 4.73. The number of aryl methyl sites for hydroxylation is 1. The van der Waals surface area contributed by atoms with E-state index in [1.165, 1.54) is 21.3 Å². The molecule has 1 atom stereocenters. The molecule has 2 aromatic heterocycles. The van der Waals surface area contributed by atoms with E-state index in [2.05, 4.69) is 69.0 Å². The molecular weight excluding hydrogens is 448 g/mol. The van der Waals surface area contributed by atoms with E-state index in [4.69, 9.17) is 6.57 Å². The van der Waals surface area contributed by atoms with Gasteiger partial charge in [-0.1, -0.05) is 61.2 Å². The topological polar surface area (TPSA) is 69.5 Å². The lowest BCUT2D eigenvalue weighted by molar-refractivity contribution is 0.181. The van der Waals surface area contributed by atoms with Crippen molar-refractivity contribution in [1.82, 2.24) is 14.5 Å². The van der Waals surface area contributed by atoms with Crippen LogP contribution in [0.4, 0.5) is 11.5 Å². The molecule has 7 heteroatoms. The highest BCUT2D eigenvalue weighted by molar-refractivity contribution is 5.92. The van der Waals surface area contributed by atoms with Gasteiger partial charge in [0.2, 0.25) is 5.52 Å². The molecule has 1 saturated heterocycles. The number of hydrogen-bond acceptors (Lipinski definition) is 5. The smallest absolute Gasteiger partial charge is 0.271 e. The molecule has 2 aromatic carbocycles. The molecule has 0 aliphatic carbocycles. The fourth-order valence-corrected chi connectivity index (χ4v) is 4.96. The molecule has 0 saturated carbocycles. The van der Waals surface area contributed by atoms with Gasteiger partial charge in [0.05, 0.1) is 5.52 Å². The third-order valence-corrected chi connectivity index (χ3v) is 6.95. The summed E-state index contributed by atoms with van der Waals surface area (Å²) >= 11 is 0. The summed E-state index contributed by atoms with van der Waals surface area (Å²) in [7, 11) is 1.64. The second-order valence-electron chi connectivity index (χ2n) is 9.18. The van der Waals surface area contributed by atoms with Gasteiger partial charge in [-0.2, -0.15) is 5.26 Å². The SMILES string of the molecule is [C-]#[N+]c1ccc2c(n1)c(N1CCN(Cc3ccc(-c4ccccc4)cc3)[C@H](C)C1)c(C#N)c(=O)n2C. The van der Waals surface area contributed by atoms with Gasteiger partial charge in [0, 0.05) is 39.3 Å². The number of pyridine rings is 2. The van der Waals surface area contributed by atoms with Crippen LogP contribution in [0, 0.1) is 17.9 Å². The minimum Gasteiger partial charge on any atom is -0.364 e. The van der Waals surface area contributed by atoms with E-state index in [0.717, 1.165) is 13.1 Å². The van der Waals surface area contributed by atoms with Crippen LogP contribution in [0.15, 0.2) is 71.5 Å². The first kappa shape index (κ1) is 23.3. The van der Waals surface area contributed by atoms with E-state index in [0.29, 0.717) is 29.8 Å². The van der Waals surface area contributed by atoms with Gasteiger partial charge in [-0.25, -0.2) is 0 Å². The molecule has 0 amide bonds. The highest BCUT2D eigenvalue weighted by Crippen LogP contribution is 2.31. The van der Waals surface area contributed by atoms with Crippen LogP contribution in [0.2, 0.25) is 0 Å². The van der Waals surface area contributed by atoms with E-state index < -0.39 is 0 Å². The predicted molar refractivity (Wildman–Crippen MR) is 142 cm³/mol. The summed E-state index contributed by atoms with van der Waals surface area (Å²) in [6.07, 6.45) is 0. The molecule has 1 aliphatic heterocycles. The van der Waals surface area contributed by atoms with Crippen LogP contribution in [-0.2, 0) is 13.6 Å². The van der Waals surface area contributed by atoms with Crippen molar-refractivity contribution >= 4 is 22.5 Å². The maximum atomic E-state index is 13.0. The zero-order chi connectivity index (χ0) is 25.2. The number of benzene rings is 2. The molecule has 0 radical (unpaired) electrons.